The topological polar surface area (TPSA) is 6.48 Å². The summed E-state index contributed by atoms with van der Waals surface area (Å²) < 4.78 is 0. The van der Waals surface area contributed by atoms with Crippen molar-refractivity contribution in [2.75, 3.05) is 36.0 Å². The maximum atomic E-state index is 2.39. The van der Waals surface area contributed by atoms with Gasteiger partial charge in [0.2, 0.25) is 0 Å². The van der Waals surface area contributed by atoms with Crippen LogP contribution in [0, 0.1) is 27.7 Å². The molecule has 0 heterocycles. The molecule has 5 aromatic rings. The van der Waals surface area contributed by atoms with Gasteiger partial charge in [-0.05, 0) is 147 Å². The van der Waals surface area contributed by atoms with Gasteiger partial charge in [-0.15, -0.1) is 0 Å². The predicted octanol–water partition coefficient (Wildman–Crippen LogP) is 11.8. The van der Waals surface area contributed by atoms with E-state index in [4.69, 9.17) is 0 Å². The van der Waals surface area contributed by atoms with Crippen molar-refractivity contribution in [1.29, 1.82) is 0 Å². The van der Waals surface area contributed by atoms with Crippen LogP contribution >= 0.6 is 0 Å². The smallest absolute Gasteiger partial charge is 0.0366 e. The molecule has 48 heavy (non-hydrogen) atoms. The molecule has 0 amide bonds. The molecular formula is C46H52N2. The minimum absolute atomic E-state index is 1.00. The first-order chi connectivity index (χ1) is 23.2. The Morgan fingerprint density at radius 1 is 0.438 bits per heavy atom. The van der Waals surface area contributed by atoms with Gasteiger partial charge < -0.3 is 9.80 Å². The van der Waals surface area contributed by atoms with Crippen LogP contribution in [0.2, 0.25) is 0 Å². The fraction of sp³-hybridized carbons (Fsp3) is 0.261. The lowest BCUT2D eigenvalue weighted by Crippen LogP contribution is -2.21. The minimum Gasteiger partial charge on any atom is -0.372 e. The van der Waals surface area contributed by atoms with Crippen LogP contribution in [0.5, 0.6) is 0 Å². The molecule has 0 N–H and O–H groups in total. The van der Waals surface area contributed by atoms with Gasteiger partial charge in [-0.1, -0.05) is 96.1 Å². The van der Waals surface area contributed by atoms with Gasteiger partial charge in [0, 0.05) is 37.6 Å². The summed E-state index contributed by atoms with van der Waals surface area (Å²) in [5, 5.41) is 0. The molecule has 0 atom stereocenters. The summed E-state index contributed by atoms with van der Waals surface area (Å²) in [5.41, 5.74) is 17.5. The summed E-state index contributed by atoms with van der Waals surface area (Å²) in [6, 6.07) is 40.7. The molecule has 0 aliphatic carbocycles. The average Bonchev–Trinajstić information content (AvgIpc) is 3.09. The van der Waals surface area contributed by atoms with Gasteiger partial charge in [0.25, 0.3) is 0 Å². The molecule has 0 saturated heterocycles. The fourth-order valence-corrected chi connectivity index (χ4v) is 6.77. The van der Waals surface area contributed by atoms with Gasteiger partial charge in [0.1, 0.15) is 0 Å². The summed E-state index contributed by atoms with van der Waals surface area (Å²) in [7, 11) is 0. The lowest BCUT2D eigenvalue weighted by Gasteiger charge is -2.21. The quantitative estimate of drug-likeness (QED) is 0.126. The van der Waals surface area contributed by atoms with E-state index in [9.17, 15) is 0 Å². The first kappa shape index (κ1) is 34.5. The predicted molar refractivity (Wildman–Crippen MR) is 212 cm³/mol. The molecule has 5 rings (SSSR count). The Kier molecular flexibility index (Phi) is 11.4. The number of benzene rings is 5. The van der Waals surface area contributed by atoms with Crippen molar-refractivity contribution >= 4 is 34.7 Å². The summed E-state index contributed by atoms with van der Waals surface area (Å²) in [5.74, 6) is 0. The van der Waals surface area contributed by atoms with Crippen LogP contribution in [0.3, 0.4) is 0 Å². The van der Waals surface area contributed by atoms with Gasteiger partial charge in [0.05, 0.1) is 0 Å². The molecule has 0 radical (unpaired) electrons. The monoisotopic (exact) mass is 632 g/mol. The maximum absolute atomic E-state index is 2.39. The second-order valence-corrected chi connectivity index (χ2v) is 12.9. The third kappa shape index (κ3) is 8.00. The van der Waals surface area contributed by atoms with E-state index in [0.717, 1.165) is 26.2 Å². The average molecular weight is 633 g/mol. The molecule has 2 heteroatoms. The van der Waals surface area contributed by atoms with Crippen LogP contribution in [-0.4, -0.2) is 26.2 Å². The van der Waals surface area contributed by atoms with Crippen molar-refractivity contribution < 1.29 is 0 Å². The molecule has 0 unspecified atom stereocenters. The SMILES string of the molecule is CCN(CC)c1ccc(/C(=C/c2ccc(/C=C(/c3ccc(N(CC)CC)cc3)c3ccc(C)cc3C)cc2)c2ccc(C)cc2C)cc1. The zero-order chi connectivity index (χ0) is 34.2. The van der Waals surface area contributed by atoms with E-state index in [-0.39, 0.29) is 0 Å². The van der Waals surface area contributed by atoms with Gasteiger partial charge in [0.15, 0.2) is 0 Å². The van der Waals surface area contributed by atoms with Crippen molar-refractivity contribution in [3.8, 4) is 0 Å². The largest absolute Gasteiger partial charge is 0.372 e. The zero-order valence-electron chi connectivity index (χ0n) is 30.3. The van der Waals surface area contributed by atoms with Gasteiger partial charge in [-0.25, -0.2) is 0 Å². The third-order valence-corrected chi connectivity index (χ3v) is 9.52. The van der Waals surface area contributed by atoms with Crippen molar-refractivity contribution in [2.45, 2.75) is 55.4 Å². The molecule has 0 aromatic heterocycles. The normalized spacial score (nSPS) is 11.9. The van der Waals surface area contributed by atoms with Crippen LogP contribution in [-0.2, 0) is 0 Å². The third-order valence-electron chi connectivity index (χ3n) is 9.52. The molecule has 0 saturated carbocycles. The van der Waals surface area contributed by atoms with Gasteiger partial charge >= 0.3 is 0 Å². The Bertz CT molecular complexity index is 1730. The highest BCUT2D eigenvalue weighted by Crippen LogP contribution is 2.33. The highest BCUT2D eigenvalue weighted by Gasteiger charge is 2.13. The maximum Gasteiger partial charge on any atom is 0.0366 e. The number of aryl methyl sites for hydroxylation is 4. The Morgan fingerprint density at radius 2 is 0.771 bits per heavy atom. The van der Waals surface area contributed by atoms with E-state index in [1.807, 2.05) is 0 Å². The molecule has 0 bridgehead atoms. The van der Waals surface area contributed by atoms with E-state index < -0.39 is 0 Å². The standard InChI is InChI=1S/C46H52N2/c1-9-47(10-2)41-23-19-39(20-24-41)45(43-27-13-33(5)29-35(43)7)31-37-15-17-38(18-16-37)32-46(44-28-14-34(6)30-36(44)8)40-21-25-42(26-22-40)48(11-3)12-4/h13-32H,9-12H2,1-8H3/b45-31-,46-32-. The van der Waals surface area contributed by atoms with Gasteiger partial charge in [-0.2, -0.15) is 0 Å². The van der Waals surface area contributed by atoms with Crippen molar-refractivity contribution in [1.82, 2.24) is 0 Å². The molecule has 246 valence electrons. The molecule has 0 aliphatic rings. The Hall–Kier alpha value is -4.82. The van der Waals surface area contributed by atoms with Crippen molar-refractivity contribution in [2.24, 2.45) is 0 Å². The zero-order valence-corrected chi connectivity index (χ0v) is 30.3. The van der Waals surface area contributed by atoms with Crippen LogP contribution in [0.25, 0.3) is 23.3 Å². The second-order valence-electron chi connectivity index (χ2n) is 12.9. The lowest BCUT2D eigenvalue weighted by atomic mass is 9.90. The Labute approximate surface area is 290 Å². The number of nitrogens with zero attached hydrogens (tertiary/aromatic N) is 2. The van der Waals surface area contributed by atoms with Crippen LogP contribution in [0.15, 0.2) is 109 Å². The van der Waals surface area contributed by atoms with E-state index in [1.165, 1.54) is 78.2 Å². The van der Waals surface area contributed by atoms with E-state index in [1.54, 1.807) is 0 Å². The van der Waals surface area contributed by atoms with E-state index in [2.05, 4.69) is 187 Å². The minimum atomic E-state index is 1.00. The molecule has 2 nitrogen and oxygen atoms in total. The summed E-state index contributed by atoms with van der Waals surface area (Å²) in [4.78, 5) is 4.78. The molecule has 0 fully saturated rings. The molecule has 5 aromatic carbocycles. The van der Waals surface area contributed by atoms with Crippen LogP contribution < -0.4 is 9.80 Å². The molecule has 0 spiro atoms. The first-order valence-corrected chi connectivity index (χ1v) is 17.6. The van der Waals surface area contributed by atoms with Crippen LogP contribution in [0.1, 0.15) is 83.3 Å². The summed E-state index contributed by atoms with van der Waals surface area (Å²) in [6.45, 7) is 21.6. The fourth-order valence-electron chi connectivity index (χ4n) is 6.77. The lowest BCUT2D eigenvalue weighted by molar-refractivity contribution is 0.866. The van der Waals surface area contributed by atoms with Crippen LogP contribution in [0.4, 0.5) is 11.4 Å². The van der Waals surface area contributed by atoms with Gasteiger partial charge in [-0.3, -0.25) is 0 Å². The van der Waals surface area contributed by atoms with Crippen molar-refractivity contribution in [3.63, 3.8) is 0 Å². The number of anilines is 2. The highest BCUT2D eigenvalue weighted by atomic mass is 15.1. The summed E-state index contributed by atoms with van der Waals surface area (Å²) >= 11 is 0. The molecule has 0 aliphatic heterocycles. The Morgan fingerprint density at radius 3 is 1.06 bits per heavy atom. The molecular weight excluding hydrogens is 581 g/mol. The highest BCUT2D eigenvalue weighted by molar-refractivity contribution is 5.94. The number of hydrogen-bond donors (Lipinski definition) is 0. The van der Waals surface area contributed by atoms with E-state index in [0.29, 0.717) is 0 Å². The summed E-state index contributed by atoms with van der Waals surface area (Å²) in [6.07, 6.45) is 4.68. The number of rotatable bonds is 12. The second kappa shape index (κ2) is 15.8. The first-order valence-electron chi connectivity index (χ1n) is 17.6. The number of hydrogen-bond acceptors (Lipinski definition) is 2. The van der Waals surface area contributed by atoms with E-state index >= 15 is 0 Å². The van der Waals surface area contributed by atoms with Crippen molar-refractivity contribution in [3.05, 3.63) is 165 Å². The Balaban J connectivity index is 1.55.